The summed E-state index contributed by atoms with van der Waals surface area (Å²) in [6, 6.07) is 5.79. The molecule has 140 valence electrons. The smallest absolute Gasteiger partial charge is 0.227 e. The van der Waals surface area contributed by atoms with Crippen molar-refractivity contribution < 1.29 is 14.3 Å². The van der Waals surface area contributed by atoms with Gasteiger partial charge in [-0.1, -0.05) is 19.1 Å². The van der Waals surface area contributed by atoms with Crippen molar-refractivity contribution in [3.05, 3.63) is 40.7 Å². The van der Waals surface area contributed by atoms with E-state index in [0.29, 0.717) is 19.6 Å². The Labute approximate surface area is 154 Å². The van der Waals surface area contributed by atoms with Crippen molar-refractivity contribution >= 4 is 5.91 Å². The lowest BCUT2D eigenvalue weighted by molar-refractivity contribution is -0.126. The first-order valence-corrected chi connectivity index (χ1v) is 9.14. The van der Waals surface area contributed by atoms with E-state index in [2.05, 4.69) is 24.3 Å². The Morgan fingerprint density at radius 1 is 1.42 bits per heavy atom. The molecule has 0 fully saturated rings. The maximum Gasteiger partial charge on any atom is 0.227 e. The molecule has 1 N–H and O–H groups in total. The lowest BCUT2D eigenvalue weighted by Crippen LogP contribution is -2.37. The average molecular weight is 357 g/mol. The summed E-state index contributed by atoms with van der Waals surface area (Å²) < 4.78 is 13.2. The fraction of sp³-hybridized carbons (Fsp3) is 0.500. The third-order valence-corrected chi connectivity index (χ3v) is 4.95. The molecule has 0 aliphatic carbocycles. The van der Waals surface area contributed by atoms with Gasteiger partial charge in [-0.25, -0.2) is 0 Å². The first-order chi connectivity index (χ1) is 12.5. The van der Waals surface area contributed by atoms with E-state index in [0.717, 1.165) is 47.0 Å². The summed E-state index contributed by atoms with van der Waals surface area (Å²) in [5.74, 6) is 1.30. The van der Waals surface area contributed by atoms with Gasteiger partial charge < -0.3 is 14.8 Å². The van der Waals surface area contributed by atoms with Crippen LogP contribution in [0.4, 0.5) is 0 Å². The van der Waals surface area contributed by atoms with Crippen LogP contribution in [0, 0.1) is 19.8 Å². The number of rotatable bonds is 6. The highest BCUT2D eigenvalue weighted by molar-refractivity contribution is 5.79. The van der Waals surface area contributed by atoms with Gasteiger partial charge in [-0.15, -0.1) is 0 Å². The van der Waals surface area contributed by atoms with Gasteiger partial charge in [0.05, 0.1) is 18.7 Å². The molecule has 0 bridgehead atoms. The number of benzene rings is 1. The fourth-order valence-electron chi connectivity index (χ4n) is 3.46. The van der Waals surface area contributed by atoms with E-state index in [1.165, 1.54) is 0 Å². The number of carbonyl (C=O) groups is 1. The second-order valence-corrected chi connectivity index (χ2v) is 6.75. The van der Waals surface area contributed by atoms with Gasteiger partial charge >= 0.3 is 0 Å². The number of aromatic nitrogens is 2. The fourth-order valence-corrected chi connectivity index (χ4v) is 3.46. The van der Waals surface area contributed by atoms with Crippen molar-refractivity contribution in [1.82, 2.24) is 15.1 Å². The molecule has 0 spiro atoms. The quantitative estimate of drug-likeness (QED) is 0.863. The molecule has 2 heterocycles. The van der Waals surface area contributed by atoms with Crippen molar-refractivity contribution in [3.63, 3.8) is 0 Å². The highest BCUT2D eigenvalue weighted by atomic mass is 16.5. The standard InChI is InChI=1S/C20H27N3O3/c1-5-9-23-14(3)17(13(2)22-23)11-21-20(24)16-10-15-7-6-8-18(25-4)19(15)26-12-16/h6-8,16H,5,9-12H2,1-4H3,(H,21,24)/t16-/m1/s1. The maximum absolute atomic E-state index is 12.6. The van der Waals surface area contributed by atoms with Crippen molar-refractivity contribution in [3.8, 4) is 11.5 Å². The minimum absolute atomic E-state index is 0.0144. The van der Waals surface area contributed by atoms with Crippen LogP contribution in [0.15, 0.2) is 18.2 Å². The second kappa shape index (κ2) is 7.81. The molecule has 26 heavy (non-hydrogen) atoms. The zero-order valence-electron chi connectivity index (χ0n) is 16.0. The van der Waals surface area contributed by atoms with Crippen LogP contribution in [0.5, 0.6) is 11.5 Å². The van der Waals surface area contributed by atoms with E-state index in [1.807, 2.05) is 29.8 Å². The number of hydrogen-bond donors (Lipinski definition) is 1. The zero-order chi connectivity index (χ0) is 18.7. The van der Waals surface area contributed by atoms with Gasteiger partial charge in [-0.2, -0.15) is 5.10 Å². The van der Waals surface area contributed by atoms with Crippen LogP contribution in [0.2, 0.25) is 0 Å². The normalized spacial score (nSPS) is 15.9. The Bertz CT molecular complexity index is 798. The molecule has 1 aliphatic rings. The summed E-state index contributed by atoms with van der Waals surface area (Å²) >= 11 is 0. The van der Waals surface area contributed by atoms with Crippen molar-refractivity contribution in [2.45, 2.75) is 46.7 Å². The first-order valence-electron chi connectivity index (χ1n) is 9.14. The topological polar surface area (TPSA) is 65.4 Å². The predicted octanol–water partition coefficient (Wildman–Crippen LogP) is 2.79. The maximum atomic E-state index is 12.6. The van der Waals surface area contributed by atoms with E-state index < -0.39 is 0 Å². The third kappa shape index (κ3) is 3.54. The molecule has 1 aromatic heterocycles. The molecule has 1 aliphatic heterocycles. The van der Waals surface area contributed by atoms with E-state index in [-0.39, 0.29) is 11.8 Å². The van der Waals surface area contributed by atoms with Crippen LogP contribution in [0.1, 0.15) is 35.9 Å². The van der Waals surface area contributed by atoms with Gasteiger partial charge in [0.25, 0.3) is 0 Å². The lowest BCUT2D eigenvalue weighted by atomic mass is 9.95. The molecule has 6 nitrogen and oxygen atoms in total. The second-order valence-electron chi connectivity index (χ2n) is 6.75. The highest BCUT2D eigenvalue weighted by Gasteiger charge is 2.28. The van der Waals surface area contributed by atoms with Crippen LogP contribution >= 0.6 is 0 Å². The Balaban J connectivity index is 1.65. The molecule has 1 aromatic carbocycles. The van der Waals surface area contributed by atoms with Crippen molar-refractivity contribution in [2.75, 3.05) is 13.7 Å². The number of ether oxygens (including phenoxy) is 2. The summed E-state index contributed by atoms with van der Waals surface area (Å²) in [5.41, 5.74) is 4.22. The van der Waals surface area contributed by atoms with Gasteiger partial charge in [0.15, 0.2) is 11.5 Å². The number of para-hydroxylation sites is 1. The number of methoxy groups -OCH3 is 1. The SMILES string of the molecule is CCCn1nc(C)c(CNC(=O)[C@H]2COc3c(cccc3OC)C2)c1C. The molecule has 0 saturated heterocycles. The Hall–Kier alpha value is -2.50. The van der Waals surface area contributed by atoms with Crippen LogP contribution < -0.4 is 14.8 Å². The Kier molecular flexibility index (Phi) is 5.49. The van der Waals surface area contributed by atoms with Gasteiger partial charge in [-0.05, 0) is 38.3 Å². The number of nitrogens with one attached hydrogen (secondary N) is 1. The van der Waals surface area contributed by atoms with Gasteiger partial charge in [-0.3, -0.25) is 9.48 Å². The summed E-state index contributed by atoms with van der Waals surface area (Å²) in [7, 11) is 1.63. The third-order valence-electron chi connectivity index (χ3n) is 4.95. The molecule has 1 amide bonds. The van der Waals surface area contributed by atoms with E-state index >= 15 is 0 Å². The Morgan fingerprint density at radius 3 is 2.96 bits per heavy atom. The van der Waals surface area contributed by atoms with Gasteiger partial charge in [0, 0.05) is 24.3 Å². The first kappa shape index (κ1) is 18.3. The van der Waals surface area contributed by atoms with E-state index in [9.17, 15) is 4.79 Å². The summed E-state index contributed by atoms with van der Waals surface area (Å²) in [6.07, 6.45) is 1.70. The predicted molar refractivity (Wildman–Crippen MR) is 99.5 cm³/mol. The number of fused-ring (bicyclic) bond motifs is 1. The van der Waals surface area contributed by atoms with Crippen LogP contribution in [-0.2, 0) is 24.3 Å². The molecular weight excluding hydrogens is 330 g/mol. The van der Waals surface area contributed by atoms with Gasteiger partial charge in [0.2, 0.25) is 5.91 Å². The number of carbonyl (C=O) groups excluding carboxylic acids is 1. The van der Waals surface area contributed by atoms with Gasteiger partial charge in [0.1, 0.15) is 6.61 Å². The van der Waals surface area contributed by atoms with Crippen molar-refractivity contribution in [2.24, 2.45) is 5.92 Å². The summed E-state index contributed by atoms with van der Waals surface area (Å²) in [5, 5.41) is 7.63. The molecule has 3 rings (SSSR count). The Morgan fingerprint density at radius 2 is 2.23 bits per heavy atom. The van der Waals surface area contributed by atoms with Crippen molar-refractivity contribution in [1.29, 1.82) is 0 Å². The average Bonchev–Trinajstić information content (AvgIpc) is 2.92. The minimum Gasteiger partial charge on any atom is -0.493 e. The molecule has 0 radical (unpaired) electrons. The van der Waals surface area contributed by atoms with E-state index in [4.69, 9.17) is 9.47 Å². The molecule has 2 aromatic rings. The number of amides is 1. The lowest BCUT2D eigenvalue weighted by Gasteiger charge is -2.25. The van der Waals surface area contributed by atoms with Crippen LogP contribution in [0.3, 0.4) is 0 Å². The number of aryl methyl sites for hydroxylation is 2. The molecule has 6 heteroatoms. The summed E-state index contributed by atoms with van der Waals surface area (Å²) in [6.45, 7) is 7.95. The largest absolute Gasteiger partial charge is 0.493 e. The van der Waals surface area contributed by atoms with Crippen LogP contribution in [0.25, 0.3) is 0 Å². The number of nitrogens with zero attached hydrogens (tertiary/aromatic N) is 2. The monoisotopic (exact) mass is 357 g/mol. The highest BCUT2D eigenvalue weighted by Crippen LogP contribution is 2.36. The van der Waals surface area contributed by atoms with E-state index in [1.54, 1.807) is 7.11 Å². The van der Waals surface area contributed by atoms with Crippen LogP contribution in [-0.4, -0.2) is 29.4 Å². The minimum atomic E-state index is -0.194. The molecule has 0 unspecified atom stereocenters. The zero-order valence-corrected chi connectivity index (χ0v) is 16.0. The molecular formula is C20H27N3O3. The molecule has 1 atom stereocenters. The summed E-state index contributed by atoms with van der Waals surface area (Å²) in [4.78, 5) is 12.6. The molecule has 0 saturated carbocycles. The number of hydrogen-bond acceptors (Lipinski definition) is 4.